The van der Waals surface area contributed by atoms with Crippen LogP contribution in [-0.2, 0) is 4.79 Å². The molecule has 2 N–H and O–H groups in total. The Kier molecular flexibility index (Phi) is 4.25. The lowest BCUT2D eigenvalue weighted by molar-refractivity contribution is -0.119. The molecule has 1 saturated carbocycles. The number of aryl methyl sites for hydroxylation is 1. The van der Waals surface area contributed by atoms with Crippen molar-refractivity contribution in [1.29, 1.82) is 0 Å². The van der Waals surface area contributed by atoms with Gasteiger partial charge >= 0.3 is 0 Å². The number of nitrogens with two attached hydrogens (primary N) is 1. The van der Waals surface area contributed by atoms with Crippen LogP contribution in [0.15, 0.2) is 24.3 Å². The lowest BCUT2D eigenvalue weighted by Crippen LogP contribution is -2.43. The molecule has 1 fully saturated rings. The summed E-state index contributed by atoms with van der Waals surface area (Å²) in [5, 5.41) is 0. The van der Waals surface area contributed by atoms with E-state index in [1.165, 1.54) is 5.56 Å². The van der Waals surface area contributed by atoms with Crippen LogP contribution in [-0.4, -0.2) is 18.0 Å². The number of carbonyl (C=O) groups excluding carboxylic acids is 1. The third-order valence-corrected chi connectivity index (χ3v) is 4.07. The monoisotopic (exact) mass is 260 g/mol. The Labute approximate surface area is 115 Å². The number of anilines is 1. The molecule has 19 heavy (non-hydrogen) atoms. The number of amides is 1. The minimum Gasteiger partial charge on any atom is -0.325 e. The number of benzene rings is 1. The third-order valence-electron chi connectivity index (χ3n) is 4.07. The lowest BCUT2D eigenvalue weighted by Gasteiger charge is -2.28. The van der Waals surface area contributed by atoms with E-state index in [0.717, 1.165) is 31.4 Å². The SMILES string of the molecule is CCN(C(=O)CC1(N)CCCC1)c1ccc(C)cc1. The zero-order valence-electron chi connectivity index (χ0n) is 12.0. The van der Waals surface area contributed by atoms with Crippen LogP contribution in [0.5, 0.6) is 0 Å². The minimum absolute atomic E-state index is 0.149. The van der Waals surface area contributed by atoms with Crippen molar-refractivity contribution in [3.05, 3.63) is 29.8 Å². The van der Waals surface area contributed by atoms with E-state index < -0.39 is 0 Å². The van der Waals surface area contributed by atoms with Crippen molar-refractivity contribution in [3.63, 3.8) is 0 Å². The van der Waals surface area contributed by atoms with Gasteiger partial charge in [-0.25, -0.2) is 0 Å². The summed E-state index contributed by atoms with van der Waals surface area (Å²) in [6, 6.07) is 8.10. The molecule has 0 atom stereocenters. The molecule has 0 unspecified atom stereocenters. The van der Waals surface area contributed by atoms with Gasteiger partial charge in [0.2, 0.25) is 5.91 Å². The highest BCUT2D eigenvalue weighted by Crippen LogP contribution is 2.31. The van der Waals surface area contributed by atoms with Gasteiger partial charge in [0.15, 0.2) is 0 Å². The average Bonchev–Trinajstić information content (AvgIpc) is 2.79. The predicted octanol–water partition coefficient (Wildman–Crippen LogP) is 3.01. The van der Waals surface area contributed by atoms with Crippen molar-refractivity contribution in [2.24, 2.45) is 5.73 Å². The molecule has 1 aliphatic carbocycles. The molecule has 1 aromatic rings. The molecule has 104 valence electrons. The van der Waals surface area contributed by atoms with E-state index in [0.29, 0.717) is 13.0 Å². The van der Waals surface area contributed by atoms with Gasteiger partial charge < -0.3 is 10.6 Å². The van der Waals surface area contributed by atoms with Gasteiger partial charge in [0, 0.05) is 24.2 Å². The minimum atomic E-state index is -0.269. The van der Waals surface area contributed by atoms with Crippen LogP contribution in [0, 0.1) is 6.92 Å². The third kappa shape index (κ3) is 3.35. The molecule has 0 saturated heterocycles. The Hall–Kier alpha value is -1.35. The van der Waals surface area contributed by atoms with Crippen LogP contribution >= 0.6 is 0 Å². The maximum absolute atomic E-state index is 12.5. The second-order valence-electron chi connectivity index (χ2n) is 5.72. The molecule has 0 radical (unpaired) electrons. The van der Waals surface area contributed by atoms with Gasteiger partial charge in [-0.2, -0.15) is 0 Å². The quantitative estimate of drug-likeness (QED) is 0.904. The van der Waals surface area contributed by atoms with E-state index in [2.05, 4.69) is 6.92 Å². The number of hydrogen-bond acceptors (Lipinski definition) is 2. The first-order valence-corrected chi connectivity index (χ1v) is 7.20. The maximum Gasteiger partial charge on any atom is 0.228 e. The van der Waals surface area contributed by atoms with E-state index in [1.807, 2.05) is 36.1 Å². The Bertz CT molecular complexity index is 433. The van der Waals surface area contributed by atoms with E-state index >= 15 is 0 Å². The first-order valence-electron chi connectivity index (χ1n) is 7.20. The molecule has 0 heterocycles. The van der Waals surface area contributed by atoms with Crippen LogP contribution in [0.25, 0.3) is 0 Å². The summed E-state index contributed by atoms with van der Waals surface area (Å²) in [5.41, 5.74) is 8.22. The molecular weight excluding hydrogens is 236 g/mol. The van der Waals surface area contributed by atoms with Gasteiger partial charge in [-0.1, -0.05) is 30.5 Å². The zero-order valence-corrected chi connectivity index (χ0v) is 12.0. The van der Waals surface area contributed by atoms with Crippen LogP contribution in [0.1, 0.15) is 44.6 Å². The number of nitrogens with zero attached hydrogens (tertiary/aromatic N) is 1. The summed E-state index contributed by atoms with van der Waals surface area (Å²) in [6.45, 7) is 4.75. The first kappa shape index (κ1) is 14.1. The molecular formula is C16H24N2O. The van der Waals surface area contributed by atoms with Crippen molar-refractivity contribution in [2.45, 2.75) is 51.5 Å². The largest absolute Gasteiger partial charge is 0.325 e. The molecule has 1 amide bonds. The van der Waals surface area contributed by atoms with Crippen molar-refractivity contribution in [1.82, 2.24) is 0 Å². The van der Waals surface area contributed by atoms with Crippen LogP contribution < -0.4 is 10.6 Å². The summed E-state index contributed by atoms with van der Waals surface area (Å²) in [6.07, 6.45) is 4.73. The predicted molar refractivity (Wildman–Crippen MR) is 79.2 cm³/mol. The van der Waals surface area contributed by atoms with E-state index in [9.17, 15) is 4.79 Å². The number of hydrogen-bond donors (Lipinski definition) is 1. The van der Waals surface area contributed by atoms with Gasteiger partial charge in [0.1, 0.15) is 0 Å². The fourth-order valence-corrected chi connectivity index (χ4v) is 2.88. The highest BCUT2D eigenvalue weighted by molar-refractivity contribution is 5.94. The van der Waals surface area contributed by atoms with Crippen molar-refractivity contribution in [2.75, 3.05) is 11.4 Å². The topological polar surface area (TPSA) is 46.3 Å². The van der Waals surface area contributed by atoms with Crippen molar-refractivity contribution in [3.8, 4) is 0 Å². The van der Waals surface area contributed by atoms with E-state index in [1.54, 1.807) is 0 Å². The van der Waals surface area contributed by atoms with Gasteiger partial charge in [-0.15, -0.1) is 0 Å². The average molecular weight is 260 g/mol. The standard InChI is InChI=1S/C16H24N2O/c1-3-18(14-8-6-13(2)7-9-14)15(19)12-16(17)10-4-5-11-16/h6-9H,3-5,10-12,17H2,1-2H3. The van der Waals surface area contributed by atoms with E-state index in [4.69, 9.17) is 5.73 Å². The highest BCUT2D eigenvalue weighted by atomic mass is 16.2. The molecule has 0 aromatic heterocycles. The van der Waals surface area contributed by atoms with Gasteiger partial charge in [-0.05, 0) is 38.8 Å². The van der Waals surface area contributed by atoms with Crippen LogP contribution in [0.4, 0.5) is 5.69 Å². The molecule has 0 aliphatic heterocycles. The summed E-state index contributed by atoms with van der Waals surface area (Å²) >= 11 is 0. The fraction of sp³-hybridized carbons (Fsp3) is 0.562. The summed E-state index contributed by atoms with van der Waals surface area (Å²) in [4.78, 5) is 14.3. The fourth-order valence-electron chi connectivity index (χ4n) is 2.88. The number of carbonyl (C=O) groups is 1. The lowest BCUT2D eigenvalue weighted by atomic mass is 9.94. The molecule has 0 bridgehead atoms. The summed E-state index contributed by atoms with van der Waals surface area (Å²) in [5.74, 6) is 0.149. The summed E-state index contributed by atoms with van der Waals surface area (Å²) in [7, 11) is 0. The Balaban J connectivity index is 2.08. The zero-order chi connectivity index (χ0) is 13.9. The van der Waals surface area contributed by atoms with Crippen LogP contribution in [0.2, 0.25) is 0 Å². The van der Waals surface area contributed by atoms with Crippen LogP contribution in [0.3, 0.4) is 0 Å². The molecule has 0 spiro atoms. The Morgan fingerprint density at radius 2 is 1.84 bits per heavy atom. The smallest absolute Gasteiger partial charge is 0.228 e. The normalized spacial score (nSPS) is 17.4. The Morgan fingerprint density at radius 1 is 1.26 bits per heavy atom. The molecule has 2 rings (SSSR count). The Morgan fingerprint density at radius 3 is 2.37 bits per heavy atom. The first-order chi connectivity index (χ1) is 9.04. The van der Waals surface area contributed by atoms with Gasteiger partial charge in [-0.3, -0.25) is 4.79 Å². The van der Waals surface area contributed by atoms with Gasteiger partial charge in [0.25, 0.3) is 0 Å². The number of rotatable bonds is 4. The summed E-state index contributed by atoms with van der Waals surface area (Å²) < 4.78 is 0. The van der Waals surface area contributed by atoms with Crippen molar-refractivity contribution < 1.29 is 4.79 Å². The molecule has 1 aliphatic rings. The van der Waals surface area contributed by atoms with Gasteiger partial charge in [0.05, 0.1) is 0 Å². The second-order valence-corrected chi connectivity index (χ2v) is 5.72. The van der Waals surface area contributed by atoms with E-state index in [-0.39, 0.29) is 11.4 Å². The maximum atomic E-state index is 12.5. The second kappa shape index (κ2) is 5.74. The molecule has 3 heteroatoms. The molecule has 3 nitrogen and oxygen atoms in total. The highest BCUT2D eigenvalue weighted by Gasteiger charge is 2.33. The molecule has 1 aromatic carbocycles. The van der Waals surface area contributed by atoms with Crippen molar-refractivity contribution >= 4 is 11.6 Å².